The molecule has 5 heteroatoms. The summed E-state index contributed by atoms with van der Waals surface area (Å²) < 4.78 is 6.63. The number of carbonyl (C=O) groups is 1. The van der Waals surface area contributed by atoms with E-state index < -0.39 is 12.1 Å². The van der Waals surface area contributed by atoms with Crippen molar-refractivity contribution in [3.8, 4) is 0 Å². The summed E-state index contributed by atoms with van der Waals surface area (Å²) in [6.45, 7) is 0. The van der Waals surface area contributed by atoms with Crippen LogP contribution in [0.3, 0.4) is 0 Å². The maximum atomic E-state index is 12.1. The van der Waals surface area contributed by atoms with Gasteiger partial charge in [-0.15, -0.1) is 0 Å². The van der Waals surface area contributed by atoms with Crippen LogP contribution in [0.1, 0.15) is 37.4 Å². The molecule has 122 valence electrons. The van der Waals surface area contributed by atoms with Crippen molar-refractivity contribution in [1.82, 2.24) is 0 Å². The number of hydrogen-bond donors (Lipinski definition) is 1. The summed E-state index contributed by atoms with van der Waals surface area (Å²) in [5.74, 6) is -0.516. The first-order valence-electron chi connectivity index (χ1n) is 7.75. The molecule has 2 fully saturated rings. The number of piperidine rings is 1. The molecule has 4 atom stereocenters. The van der Waals surface area contributed by atoms with Gasteiger partial charge in [-0.2, -0.15) is 0 Å². The molecule has 2 aliphatic heterocycles. The van der Waals surface area contributed by atoms with E-state index >= 15 is 0 Å². The van der Waals surface area contributed by atoms with Crippen molar-refractivity contribution in [2.24, 2.45) is 0 Å². The van der Waals surface area contributed by atoms with Crippen LogP contribution < -0.4 is 17.0 Å². The highest BCUT2D eigenvalue weighted by Crippen LogP contribution is 2.40. The van der Waals surface area contributed by atoms with E-state index in [4.69, 9.17) is 4.74 Å². The Morgan fingerprint density at radius 2 is 1.73 bits per heavy atom. The Morgan fingerprint density at radius 1 is 1.18 bits per heavy atom. The van der Waals surface area contributed by atoms with Crippen LogP contribution in [0.5, 0.6) is 0 Å². The summed E-state index contributed by atoms with van der Waals surface area (Å²) in [4.78, 5) is 12.1. The molecule has 0 aromatic heterocycles. The average molecular weight is 370 g/mol. The molecule has 0 spiro atoms. The first-order valence-corrected chi connectivity index (χ1v) is 7.75. The molecule has 3 rings (SSSR count). The lowest BCUT2D eigenvalue weighted by Gasteiger charge is -2.43. The van der Waals surface area contributed by atoms with Gasteiger partial charge in [-0.05, 0) is 5.56 Å². The fourth-order valence-corrected chi connectivity index (χ4v) is 3.93. The van der Waals surface area contributed by atoms with Gasteiger partial charge in [-0.3, -0.25) is 0 Å². The van der Waals surface area contributed by atoms with E-state index in [1.165, 1.54) is 12.8 Å². The van der Waals surface area contributed by atoms with Gasteiger partial charge in [0.2, 0.25) is 0 Å². The Hall–Kier alpha value is -0.910. The number of esters is 1. The minimum absolute atomic E-state index is 0. The second kappa shape index (κ2) is 6.69. The zero-order valence-electron chi connectivity index (χ0n) is 13.1. The maximum absolute atomic E-state index is 12.1. The van der Waals surface area contributed by atoms with Crippen molar-refractivity contribution in [1.29, 1.82) is 0 Å². The van der Waals surface area contributed by atoms with E-state index in [1.54, 1.807) is 12.1 Å². The normalized spacial score (nSPS) is 30.2. The Balaban J connectivity index is 0.00000176. The molecular weight excluding hydrogens is 346 g/mol. The summed E-state index contributed by atoms with van der Waals surface area (Å²) in [5.41, 5.74) is 0.595. The summed E-state index contributed by atoms with van der Waals surface area (Å²) in [7, 11) is 4.55. The first-order chi connectivity index (χ1) is 9.98. The third-order valence-corrected chi connectivity index (χ3v) is 5.41. The van der Waals surface area contributed by atoms with Crippen molar-refractivity contribution in [2.45, 2.75) is 50.0 Å². The number of fused-ring (bicyclic) bond motifs is 2. The lowest BCUT2D eigenvalue weighted by Crippen LogP contribution is -3.00. The summed E-state index contributed by atoms with van der Waals surface area (Å²) in [5, 5.41) is 10.1. The van der Waals surface area contributed by atoms with Crippen molar-refractivity contribution in [3.63, 3.8) is 0 Å². The highest BCUT2D eigenvalue weighted by Gasteiger charge is 2.50. The molecule has 2 saturated heterocycles. The van der Waals surface area contributed by atoms with Gasteiger partial charge >= 0.3 is 5.97 Å². The third-order valence-electron chi connectivity index (χ3n) is 5.41. The quantitative estimate of drug-likeness (QED) is 0.551. The van der Waals surface area contributed by atoms with Crippen LogP contribution in [0.4, 0.5) is 0 Å². The number of quaternary nitrogens is 1. The van der Waals surface area contributed by atoms with E-state index in [2.05, 4.69) is 14.1 Å². The second-order valence-electron chi connectivity index (χ2n) is 6.86. The molecule has 0 aliphatic carbocycles. The van der Waals surface area contributed by atoms with Crippen LogP contribution in [-0.2, 0) is 9.53 Å². The molecule has 1 aromatic carbocycles. The van der Waals surface area contributed by atoms with Crippen LogP contribution in [0.25, 0.3) is 0 Å². The molecule has 22 heavy (non-hydrogen) atoms. The van der Waals surface area contributed by atoms with E-state index in [1.807, 2.05) is 18.2 Å². The molecule has 1 N–H and O–H groups in total. The molecule has 2 aliphatic rings. The predicted molar refractivity (Wildman–Crippen MR) is 79.4 cm³/mol. The van der Waals surface area contributed by atoms with Crippen LogP contribution in [-0.4, -0.2) is 47.8 Å². The highest BCUT2D eigenvalue weighted by atomic mass is 79.9. The second-order valence-corrected chi connectivity index (χ2v) is 6.86. The SMILES string of the molecule is C[N+]1(C)[C@@H]2CC[C@H]1C[C@@H](OC(=O)[C@@H](O)c1ccccc1)C2.[Br-]. The predicted octanol–water partition coefficient (Wildman–Crippen LogP) is -0.963. The van der Waals surface area contributed by atoms with Gasteiger partial charge in [-0.1, -0.05) is 30.3 Å². The largest absolute Gasteiger partial charge is 1.00 e. The van der Waals surface area contributed by atoms with Gasteiger partial charge in [0.15, 0.2) is 6.10 Å². The van der Waals surface area contributed by atoms with Crippen LogP contribution in [0, 0.1) is 0 Å². The number of benzene rings is 1. The minimum atomic E-state index is -1.17. The average Bonchev–Trinajstić information content (AvgIpc) is 2.67. The molecule has 0 saturated carbocycles. The van der Waals surface area contributed by atoms with Crippen LogP contribution >= 0.6 is 0 Å². The van der Waals surface area contributed by atoms with Crippen LogP contribution in [0.15, 0.2) is 30.3 Å². The Labute approximate surface area is 142 Å². The Morgan fingerprint density at radius 3 is 2.27 bits per heavy atom. The molecule has 2 bridgehead atoms. The lowest BCUT2D eigenvalue weighted by atomic mass is 9.97. The van der Waals surface area contributed by atoms with Crippen molar-refractivity contribution >= 4 is 5.97 Å². The fourth-order valence-electron chi connectivity index (χ4n) is 3.93. The van der Waals surface area contributed by atoms with E-state index in [-0.39, 0.29) is 23.1 Å². The number of carbonyl (C=O) groups excluding carboxylic acids is 1. The molecule has 0 radical (unpaired) electrons. The number of hydrogen-bond acceptors (Lipinski definition) is 3. The van der Waals surface area contributed by atoms with Gasteiger partial charge in [0.25, 0.3) is 0 Å². The third kappa shape index (κ3) is 3.21. The van der Waals surface area contributed by atoms with E-state index in [9.17, 15) is 9.90 Å². The maximum Gasteiger partial charge on any atom is 0.339 e. The molecular formula is C17H24BrNO3. The van der Waals surface area contributed by atoms with E-state index in [0.29, 0.717) is 17.6 Å². The van der Waals surface area contributed by atoms with Gasteiger partial charge in [0, 0.05) is 25.7 Å². The van der Waals surface area contributed by atoms with Crippen molar-refractivity contribution < 1.29 is 36.1 Å². The summed E-state index contributed by atoms with van der Waals surface area (Å²) in [6, 6.07) is 10.1. The number of ether oxygens (including phenoxy) is 1. The zero-order chi connectivity index (χ0) is 15.0. The molecule has 0 unspecified atom stereocenters. The number of halogens is 1. The van der Waals surface area contributed by atoms with Crippen molar-refractivity contribution in [3.05, 3.63) is 35.9 Å². The molecule has 4 nitrogen and oxygen atoms in total. The van der Waals surface area contributed by atoms with Gasteiger partial charge in [0.05, 0.1) is 26.2 Å². The summed E-state index contributed by atoms with van der Waals surface area (Å²) >= 11 is 0. The number of nitrogens with zero attached hydrogens (tertiary/aromatic N) is 1. The zero-order valence-corrected chi connectivity index (χ0v) is 14.7. The molecule has 0 amide bonds. The first kappa shape index (κ1) is 17.4. The molecule has 2 heterocycles. The highest BCUT2D eigenvalue weighted by molar-refractivity contribution is 5.76. The fraction of sp³-hybridized carbons (Fsp3) is 0.588. The summed E-state index contributed by atoms with van der Waals surface area (Å²) in [6.07, 6.45) is 3.04. The topological polar surface area (TPSA) is 46.5 Å². The number of aliphatic hydroxyl groups is 1. The number of rotatable bonds is 3. The van der Waals surface area contributed by atoms with E-state index in [0.717, 1.165) is 17.3 Å². The smallest absolute Gasteiger partial charge is 0.339 e. The van der Waals surface area contributed by atoms with Gasteiger partial charge in [-0.25, -0.2) is 4.79 Å². The number of aliphatic hydroxyl groups excluding tert-OH is 1. The van der Waals surface area contributed by atoms with Crippen molar-refractivity contribution in [2.75, 3.05) is 14.1 Å². The molecule has 1 aromatic rings. The minimum Gasteiger partial charge on any atom is -1.00 e. The Bertz CT molecular complexity index is 504. The Kier molecular flexibility index (Phi) is 5.30. The standard InChI is InChI=1S/C17H24NO3.BrH/c1-18(2)13-8-9-14(18)11-15(10-13)21-17(20)16(19)12-6-4-3-5-7-12;/h3-7,13-16,19H,8-11H2,1-2H3;1H/q+1;/p-1/t13-,14+,15+,16-;/m0./s1. The monoisotopic (exact) mass is 369 g/mol. The van der Waals surface area contributed by atoms with Crippen LogP contribution in [0.2, 0.25) is 0 Å². The van der Waals surface area contributed by atoms with Gasteiger partial charge < -0.3 is 31.3 Å². The van der Waals surface area contributed by atoms with Gasteiger partial charge in [0.1, 0.15) is 6.10 Å². The lowest BCUT2D eigenvalue weighted by molar-refractivity contribution is -0.931.